The number of nitrogens with zero attached hydrogens (tertiary/aromatic N) is 3. The molecule has 3 aromatic rings. The number of hydrogen-bond donors (Lipinski definition) is 1. The van der Waals surface area contributed by atoms with E-state index < -0.39 is 29.5 Å². The van der Waals surface area contributed by atoms with Crippen molar-refractivity contribution < 1.29 is 24.2 Å². The quantitative estimate of drug-likeness (QED) is 0.375. The Labute approximate surface area is 206 Å². The van der Waals surface area contributed by atoms with Gasteiger partial charge in [0.05, 0.1) is 39.4 Å². The van der Waals surface area contributed by atoms with Crippen LogP contribution in [0.4, 0.5) is 5.69 Å². The van der Waals surface area contributed by atoms with Gasteiger partial charge in [-0.05, 0) is 55.7 Å². The van der Waals surface area contributed by atoms with Crippen LogP contribution in [0, 0.1) is 19.8 Å². The summed E-state index contributed by atoms with van der Waals surface area (Å²) in [4.78, 5) is 49.3. The van der Waals surface area contributed by atoms with E-state index in [-0.39, 0.29) is 11.5 Å². The first-order valence-corrected chi connectivity index (χ1v) is 11.9. The van der Waals surface area contributed by atoms with Gasteiger partial charge in [0, 0.05) is 18.1 Å². The van der Waals surface area contributed by atoms with Crippen LogP contribution in [0.3, 0.4) is 0 Å². The molecule has 9 heteroatoms. The van der Waals surface area contributed by atoms with Crippen LogP contribution in [0.25, 0.3) is 0 Å². The van der Waals surface area contributed by atoms with Gasteiger partial charge in [-0.3, -0.25) is 19.5 Å². The molecule has 0 spiro atoms. The molecule has 1 atom stereocenters. The monoisotopic (exact) mass is 491 g/mol. The van der Waals surface area contributed by atoms with Crippen molar-refractivity contribution in [3.63, 3.8) is 0 Å². The normalized spacial score (nSPS) is 15.7. The smallest absolute Gasteiger partial charge is 0.338 e. The first-order valence-electron chi connectivity index (χ1n) is 11.1. The number of benzene rings is 1. The molecule has 0 radical (unpaired) electrons. The van der Waals surface area contributed by atoms with Crippen LogP contribution < -0.4 is 4.90 Å². The van der Waals surface area contributed by atoms with Crippen LogP contribution in [0.2, 0.25) is 0 Å². The number of rotatable bonds is 7. The zero-order chi connectivity index (χ0) is 25.3. The minimum absolute atomic E-state index is 0.0323. The minimum atomic E-state index is -0.899. The summed E-state index contributed by atoms with van der Waals surface area (Å²) in [7, 11) is 0. The number of carbonyl (C=O) groups excluding carboxylic acids is 3. The zero-order valence-electron chi connectivity index (χ0n) is 19.8. The molecule has 0 saturated heterocycles. The van der Waals surface area contributed by atoms with E-state index in [1.165, 1.54) is 16.2 Å². The van der Waals surface area contributed by atoms with Crippen molar-refractivity contribution in [2.45, 2.75) is 33.7 Å². The van der Waals surface area contributed by atoms with E-state index in [1.807, 2.05) is 13.8 Å². The lowest BCUT2D eigenvalue weighted by Gasteiger charge is -2.26. The third-order valence-corrected chi connectivity index (χ3v) is 6.56. The zero-order valence-corrected chi connectivity index (χ0v) is 20.6. The summed E-state index contributed by atoms with van der Waals surface area (Å²) >= 11 is 1.22. The number of aromatic nitrogens is 2. The van der Waals surface area contributed by atoms with E-state index in [0.29, 0.717) is 39.0 Å². The van der Waals surface area contributed by atoms with Gasteiger partial charge in [-0.1, -0.05) is 19.9 Å². The van der Waals surface area contributed by atoms with Crippen LogP contribution in [0.15, 0.2) is 60.1 Å². The molecular weight excluding hydrogens is 466 g/mol. The maximum absolute atomic E-state index is 13.6. The predicted octanol–water partition coefficient (Wildman–Crippen LogP) is 4.75. The molecule has 1 unspecified atom stereocenters. The summed E-state index contributed by atoms with van der Waals surface area (Å²) in [5.74, 6) is -2.04. The van der Waals surface area contributed by atoms with E-state index >= 15 is 0 Å². The maximum Gasteiger partial charge on any atom is 0.338 e. The van der Waals surface area contributed by atoms with E-state index in [2.05, 4.69) is 9.97 Å². The number of carbonyl (C=O) groups is 3. The minimum Gasteiger partial charge on any atom is -0.503 e. The van der Waals surface area contributed by atoms with Gasteiger partial charge in [-0.2, -0.15) is 0 Å². The molecule has 4 rings (SSSR count). The fourth-order valence-corrected chi connectivity index (χ4v) is 4.78. The number of aliphatic hydroxyl groups excluding tert-OH is 1. The second-order valence-corrected chi connectivity index (χ2v) is 9.85. The fraction of sp³-hybridized carbons (Fsp3) is 0.269. The van der Waals surface area contributed by atoms with Crippen LogP contribution in [-0.4, -0.2) is 39.3 Å². The third-order valence-electron chi connectivity index (χ3n) is 5.49. The van der Waals surface area contributed by atoms with Crippen molar-refractivity contribution in [1.82, 2.24) is 9.97 Å². The molecule has 3 heterocycles. The third kappa shape index (κ3) is 4.72. The molecule has 1 amide bonds. The first kappa shape index (κ1) is 24.3. The van der Waals surface area contributed by atoms with Crippen molar-refractivity contribution >= 4 is 34.7 Å². The van der Waals surface area contributed by atoms with E-state index in [9.17, 15) is 19.5 Å². The number of aliphatic hydroxyl groups is 1. The van der Waals surface area contributed by atoms with E-state index in [4.69, 9.17) is 4.74 Å². The molecule has 1 aliphatic heterocycles. The molecule has 180 valence electrons. The Hall–Kier alpha value is -3.85. The number of hydrogen-bond acceptors (Lipinski definition) is 8. The number of thiazole rings is 1. The average molecular weight is 492 g/mol. The molecule has 0 aliphatic carbocycles. The van der Waals surface area contributed by atoms with Gasteiger partial charge < -0.3 is 9.84 Å². The van der Waals surface area contributed by atoms with Crippen LogP contribution in [0.5, 0.6) is 0 Å². The molecule has 1 N–H and O–H groups in total. The number of esters is 1. The Kier molecular flexibility index (Phi) is 6.79. The lowest BCUT2D eigenvalue weighted by molar-refractivity contribution is -0.117. The molecular formula is C26H25N3O5S. The standard InChI is InChI=1S/C26H25N3O5S/c1-14(2)13-34-26(33)17-7-9-19(10-8-17)29-21(18-6-5-11-27-12-18)20(23(31)25(29)32)22(30)24-15(3)28-16(4)35-24/h5-12,14,21,31H,13H2,1-4H3. The highest BCUT2D eigenvalue weighted by atomic mass is 32.1. The second kappa shape index (κ2) is 9.79. The van der Waals surface area contributed by atoms with Crippen molar-refractivity contribution in [3.8, 4) is 0 Å². The molecule has 0 bridgehead atoms. The van der Waals surface area contributed by atoms with Gasteiger partial charge in [-0.15, -0.1) is 11.3 Å². The lowest BCUT2D eigenvalue weighted by Crippen LogP contribution is -2.31. The SMILES string of the molecule is Cc1nc(C)c(C(=O)C2=C(O)C(=O)N(c3ccc(C(=O)OCC(C)C)cc3)C2c2cccnc2)s1. The fourth-order valence-electron chi connectivity index (χ4n) is 3.90. The van der Waals surface area contributed by atoms with E-state index in [0.717, 1.165) is 0 Å². The van der Waals surface area contributed by atoms with E-state index in [1.54, 1.807) is 62.6 Å². The molecule has 1 aliphatic rings. The maximum atomic E-state index is 13.6. The van der Waals surface area contributed by atoms with Gasteiger partial charge in [-0.25, -0.2) is 9.78 Å². The second-order valence-electron chi connectivity index (χ2n) is 8.64. The van der Waals surface area contributed by atoms with Gasteiger partial charge in [0.1, 0.15) is 0 Å². The Balaban J connectivity index is 1.74. The molecule has 0 saturated carbocycles. The first-order chi connectivity index (χ1) is 16.7. The number of pyridine rings is 1. The number of ether oxygens (including phenoxy) is 1. The molecule has 8 nitrogen and oxygen atoms in total. The van der Waals surface area contributed by atoms with Crippen LogP contribution >= 0.6 is 11.3 Å². The lowest BCUT2D eigenvalue weighted by atomic mass is 9.96. The molecule has 0 fully saturated rings. The highest BCUT2D eigenvalue weighted by molar-refractivity contribution is 7.14. The van der Waals surface area contributed by atoms with Crippen molar-refractivity contribution in [3.05, 3.63) is 86.8 Å². The molecule has 1 aromatic carbocycles. The Morgan fingerprint density at radius 1 is 1.17 bits per heavy atom. The summed E-state index contributed by atoms with van der Waals surface area (Å²) < 4.78 is 5.27. The Morgan fingerprint density at radius 3 is 2.46 bits per heavy atom. The van der Waals surface area contributed by atoms with Gasteiger partial charge in [0.2, 0.25) is 5.78 Å². The number of amides is 1. The van der Waals surface area contributed by atoms with Crippen LogP contribution in [0.1, 0.15) is 56.2 Å². The summed E-state index contributed by atoms with van der Waals surface area (Å²) in [6, 6.07) is 8.84. The Bertz CT molecular complexity index is 1310. The van der Waals surface area contributed by atoms with Crippen molar-refractivity contribution in [2.24, 2.45) is 5.92 Å². The number of anilines is 1. The topological polar surface area (TPSA) is 110 Å². The predicted molar refractivity (Wildman–Crippen MR) is 132 cm³/mol. The number of ketones is 1. The van der Waals surface area contributed by atoms with Crippen molar-refractivity contribution in [2.75, 3.05) is 11.5 Å². The van der Waals surface area contributed by atoms with Crippen molar-refractivity contribution in [1.29, 1.82) is 0 Å². The average Bonchev–Trinajstić information content (AvgIpc) is 3.32. The van der Waals surface area contributed by atoms with Gasteiger partial charge in [0.25, 0.3) is 5.91 Å². The largest absolute Gasteiger partial charge is 0.503 e. The summed E-state index contributed by atoms with van der Waals surface area (Å²) in [5.41, 5.74) is 1.82. The molecule has 35 heavy (non-hydrogen) atoms. The summed E-state index contributed by atoms with van der Waals surface area (Å²) in [6.07, 6.45) is 3.14. The highest BCUT2D eigenvalue weighted by Gasteiger charge is 2.45. The summed E-state index contributed by atoms with van der Waals surface area (Å²) in [5, 5.41) is 11.6. The number of aryl methyl sites for hydroxylation is 2. The number of Topliss-reactive ketones (excluding diaryl/α,β-unsaturated/α-hetero) is 1. The summed E-state index contributed by atoms with van der Waals surface area (Å²) in [6.45, 7) is 7.71. The van der Waals surface area contributed by atoms with Crippen LogP contribution in [-0.2, 0) is 9.53 Å². The molecule has 2 aromatic heterocycles. The van der Waals surface area contributed by atoms with Gasteiger partial charge >= 0.3 is 5.97 Å². The van der Waals surface area contributed by atoms with Gasteiger partial charge in [0.15, 0.2) is 5.76 Å². The highest BCUT2D eigenvalue weighted by Crippen LogP contribution is 2.42. The Morgan fingerprint density at radius 2 is 1.89 bits per heavy atom.